The molecule has 1 amide bonds. The largest absolute Gasteiger partial charge is 0.322 e. The molecule has 3 nitrogen and oxygen atoms in total. The van der Waals surface area contributed by atoms with Gasteiger partial charge in [-0.1, -0.05) is 63.9 Å². The van der Waals surface area contributed by atoms with E-state index in [1.807, 2.05) is 73.7 Å². The Balaban J connectivity index is 1.81. The van der Waals surface area contributed by atoms with E-state index in [0.29, 0.717) is 16.3 Å². The zero-order valence-electron chi connectivity index (χ0n) is 15.0. The number of amides is 1. The number of anilines is 1. The number of pyridine rings is 1. The summed E-state index contributed by atoms with van der Waals surface area (Å²) in [5, 5.41) is 4.41. The Hall–Kier alpha value is -2.69. The number of nitrogens with one attached hydrogen (secondary N) is 1. The minimum absolute atomic E-state index is 0.192. The quantitative estimate of drug-likeness (QED) is 0.369. The number of para-hydroxylation sites is 1. The molecule has 3 aromatic carbocycles. The monoisotopic (exact) mass is 450 g/mol. The van der Waals surface area contributed by atoms with Crippen LogP contribution in [0.5, 0.6) is 0 Å². The molecular formula is C23H16BrClN2O. The number of aromatic nitrogens is 1. The Morgan fingerprint density at radius 2 is 1.75 bits per heavy atom. The maximum atomic E-state index is 13.1. The standard InChI is InChI=1S/C23H16BrClN2O/c1-14-19(25)6-4-8-20(14)27-23(28)18-13-22(15-9-11-16(24)12-10-15)26-21-7-3-2-5-17(18)21/h2-13H,1H3,(H,27,28). The van der Waals surface area contributed by atoms with Gasteiger partial charge in [-0.05, 0) is 48.9 Å². The Morgan fingerprint density at radius 3 is 2.54 bits per heavy atom. The highest BCUT2D eigenvalue weighted by Crippen LogP contribution is 2.28. The lowest BCUT2D eigenvalue weighted by atomic mass is 10.0. The van der Waals surface area contributed by atoms with Crippen LogP contribution in [0.1, 0.15) is 15.9 Å². The lowest BCUT2D eigenvalue weighted by Crippen LogP contribution is -2.14. The molecule has 138 valence electrons. The molecule has 0 aliphatic rings. The molecule has 0 bridgehead atoms. The van der Waals surface area contributed by atoms with E-state index < -0.39 is 0 Å². The molecule has 0 spiro atoms. The molecule has 4 rings (SSSR count). The molecule has 1 aromatic heterocycles. The molecule has 0 atom stereocenters. The van der Waals surface area contributed by atoms with Crippen molar-refractivity contribution in [1.82, 2.24) is 4.98 Å². The Labute approximate surface area is 176 Å². The second-order valence-electron chi connectivity index (χ2n) is 6.45. The smallest absolute Gasteiger partial charge is 0.256 e. The van der Waals surface area contributed by atoms with Crippen LogP contribution in [0.4, 0.5) is 5.69 Å². The van der Waals surface area contributed by atoms with Gasteiger partial charge < -0.3 is 5.32 Å². The van der Waals surface area contributed by atoms with Crippen LogP contribution >= 0.6 is 27.5 Å². The zero-order valence-corrected chi connectivity index (χ0v) is 17.4. The first kappa shape index (κ1) is 18.7. The van der Waals surface area contributed by atoms with Gasteiger partial charge in [-0.2, -0.15) is 0 Å². The molecule has 0 fully saturated rings. The minimum Gasteiger partial charge on any atom is -0.322 e. The van der Waals surface area contributed by atoms with Crippen LogP contribution in [0.15, 0.2) is 77.3 Å². The van der Waals surface area contributed by atoms with Crippen molar-refractivity contribution in [1.29, 1.82) is 0 Å². The van der Waals surface area contributed by atoms with Crippen molar-refractivity contribution < 1.29 is 4.79 Å². The van der Waals surface area contributed by atoms with Crippen LogP contribution in [0.2, 0.25) is 5.02 Å². The summed E-state index contributed by atoms with van der Waals surface area (Å²) in [5.41, 5.74) is 4.58. The van der Waals surface area contributed by atoms with Gasteiger partial charge in [0.05, 0.1) is 16.8 Å². The molecule has 28 heavy (non-hydrogen) atoms. The van der Waals surface area contributed by atoms with Crippen LogP contribution in [-0.4, -0.2) is 10.9 Å². The van der Waals surface area contributed by atoms with Crippen LogP contribution in [-0.2, 0) is 0 Å². The van der Waals surface area contributed by atoms with E-state index in [0.717, 1.165) is 32.2 Å². The third-order valence-corrected chi connectivity index (χ3v) is 5.55. The van der Waals surface area contributed by atoms with Crippen molar-refractivity contribution >= 4 is 50.0 Å². The van der Waals surface area contributed by atoms with Gasteiger partial charge >= 0.3 is 0 Å². The first-order valence-corrected chi connectivity index (χ1v) is 9.92. The lowest BCUT2D eigenvalue weighted by Gasteiger charge is -2.12. The van der Waals surface area contributed by atoms with Gasteiger partial charge in [0.2, 0.25) is 0 Å². The van der Waals surface area contributed by atoms with Gasteiger partial charge in [0.1, 0.15) is 0 Å². The number of nitrogens with zero attached hydrogens (tertiary/aromatic N) is 1. The van der Waals surface area contributed by atoms with Gasteiger partial charge in [0.15, 0.2) is 0 Å². The van der Waals surface area contributed by atoms with Crippen LogP contribution in [0.3, 0.4) is 0 Å². The summed E-state index contributed by atoms with van der Waals surface area (Å²) in [7, 11) is 0. The summed E-state index contributed by atoms with van der Waals surface area (Å²) in [4.78, 5) is 17.9. The first-order valence-electron chi connectivity index (χ1n) is 8.75. The Bertz CT molecular complexity index is 1190. The highest BCUT2D eigenvalue weighted by atomic mass is 79.9. The number of hydrogen-bond acceptors (Lipinski definition) is 2. The molecule has 1 heterocycles. The number of carbonyl (C=O) groups excluding carboxylic acids is 1. The second kappa shape index (κ2) is 7.74. The van der Waals surface area contributed by atoms with Crippen LogP contribution in [0, 0.1) is 6.92 Å². The third kappa shape index (κ3) is 3.66. The molecule has 1 N–H and O–H groups in total. The fraction of sp³-hybridized carbons (Fsp3) is 0.0435. The molecular weight excluding hydrogens is 436 g/mol. The highest BCUT2D eigenvalue weighted by Gasteiger charge is 2.15. The fourth-order valence-corrected chi connectivity index (χ4v) is 3.50. The second-order valence-corrected chi connectivity index (χ2v) is 7.77. The van der Waals surface area contributed by atoms with Crippen molar-refractivity contribution in [3.8, 4) is 11.3 Å². The van der Waals surface area contributed by atoms with Gasteiger partial charge in [-0.3, -0.25) is 4.79 Å². The van der Waals surface area contributed by atoms with E-state index in [1.165, 1.54) is 0 Å². The van der Waals surface area contributed by atoms with Crippen LogP contribution in [0.25, 0.3) is 22.2 Å². The van der Waals surface area contributed by atoms with E-state index in [-0.39, 0.29) is 5.91 Å². The van der Waals surface area contributed by atoms with Gasteiger partial charge in [0, 0.05) is 26.1 Å². The SMILES string of the molecule is Cc1c(Cl)cccc1NC(=O)c1cc(-c2ccc(Br)cc2)nc2ccccc12. The maximum absolute atomic E-state index is 13.1. The molecule has 0 saturated heterocycles. The third-order valence-electron chi connectivity index (χ3n) is 4.62. The van der Waals surface area contributed by atoms with Crippen molar-refractivity contribution in [2.75, 3.05) is 5.32 Å². The maximum Gasteiger partial charge on any atom is 0.256 e. The van der Waals surface area contributed by atoms with Crippen molar-refractivity contribution in [3.05, 3.63) is 93.4 Å². The normalized spacial score (nSPS) is 10.8. The molecule has 0 aliphatic carbocycles. The van der Waals surface area contributed by atoms with Crippen LogP contribution < -0.4 is 5.32 Å². The number of fused-ring (bicyclic) bond motifs is 1. The average Bonchev–Trinajstić information content (AvgIpc) is 2.71. The van der Waals surface area contributed by atoms with Gasteiger partial charge in [-0.25, -0.2) is 4.98 Å². The molecule has 4 aromatic rings. The fourth-order valence-electron chi connectivity index (χ4n) is 3.06. The Morgan fingerprint density at radius 1 is 1.00 bits per heavy atom. The van der Waals surface area contributed by atoms with Crippen molar-refractivity contribution in [3.63, 3.8) is 0 Å². The summed E-state index contributed by atoms with van der Waals surface area (Å²) >= 11 is 9.64. The van der Waals surface area contributed by atoms with Gasteiger partial charge in [0.25, 0.3) is 5.91 Å². The Kier molecular flexibility index (Phi) is 5.16. The predicted molar refractivity (Wildman–Crippen MR) is 119 cm³/mol. The van der Waals surface area contributed by atoms with Crippen molar-refractivity contribution in [2.45, 2.75) is 6.92 Å². The van der Waals surface area contributed by atoms with E-state index >= 15 is 0 Å². The van der Waals surface area contributed by atoms with E-state index in [9.17, 15) is 4.79 Å². The molecule has 0 unspecified atom stereocenters. The van der Waals surface area contributed by atoms with E-state index in [4.69, 9.17) is 16.6 Å². The molecule has 0 radical (unpaired) electrons. The highest BCUT2D eigenvalue weighted by molar-refractivity contribution is 9.10. The van der Waals surface area contributed by atoms with Crippen molar-refractivity contribution in [2.24, 2.45) is 0 Å². The van der Waals surface area contributed by atoms with Gasteiger partial charge in [-0.15, -0.1) is 0 Å². The zero-order chi connectivity index (χ0) is 19.7. The topological polar surface area (TPSA) is 42.0 Å². The summed E-state index contributed by atoms with van der Waals surface area (Å²) in [6, 6.07) is 22.8. The summed E-state index contributed by atoms with van der Waals surface area (Å²) in [6.07, 6.45) is 0. The minimum atomic E-state index is -0.192. The van der Waals surface area contributed by atoms with E-state index in [2.05, 4.69) is 21.2 Å². The predicted octanol–water partition coefficient (Wildman–Crippen LogP) is 6.88. The number of rotatable bonds is 3. The number of benzene rings is 3. The lowest BCUT2D eigenvalue weighted by molar-refractivity contribution is 0.102. The van der Waals surface area contributed by atoms with E-state index in [1.54, 1.807) is 6.07 Å². The summed E-state index contributed by atoms with van der Waals surface area (Å²) in [5.74, 6) is -0.192. The molecule has 5 heteroatoms. The molecule has 0 aliphatic heterocycles. The number of carbonyl (C=O) groups is 1. The average molecular weight is 452 g/mol. The summed E-state index contributed by atoms with van der Waals surface area (Å²) < 4.78 is 0.992. The molecule has 0 saturated carbocycles. The number of hydrogen-bond donors (Lipinski definition) is 1. The summed E-state index contributed by atoms with van der Waals surface area (Å²) in [6.45, 7) is 1.88. The number of halogens is 2. The first-order chi connectivity index (χ1) is 13.5.